The van der Waals surface area contributed by atoms with Gasteiger partial charge in [0.25, 0.3) is 0 Å². The third-order valence-corrected chi connectivity index (χ3v) is 7.50. The summed E-state index contributed by atoms with van der Waals surface area (Å²) in [6, 6.07) is 13.7. The number of anilines is 1. The summed E-state index contributed by atoms with van der Waals surface area (Å²) in [5, 5.41) is 3.06. The van der Waals surface area contributed by atoms with Gasteiger partial charge in [0.1, 0.15) is 18.3 Å². The molecule has 2 amide bonds. The van der Waals surface area contributed by atoms with Crippen LogP contribution in [0.15, 0.2) is 48.5 Å². The van der Waals surface area contributed by atoms with Gasteiger partial charge in [0.15, 0.2) is 0 Å². The van der Waals surface area contributed by atoms with Crippen molar-refractivity contribution in [3.05, 3.63) is 59.7 Å². The molecule has 35 heavy (non-hydrogen) atoms. The zero-order valence-corrected chi connectivity index (χ0v) is 21.7. The molecule has 1 aliphatic carbocycles. The van der Waals surface area contributed by atoms with Crippen LogP contribution in [0.2, 0.25) is 0 Å². The number of benzene rings is 2. The number of hydrogen-bond acceptors (Lipinski definition) is 5. The van der Waals surface area contributed by atoms with Crippen molar-refractivity contribution in [1.82, 2.24) is 10.2 Å². The molecule has 2 aromatic rings. The van der Waals surface area contributed by atoms with E-state index in [4.69, 9.17) is 4.74 Å². The van der Waals surface area contributed by atoms with Crippen LogP contribution in [-0.4, -0.2) is 57.1 Å². The van der Waals surface area contributed by atoms with Gasteiger partial charge in [-0.1, -0.05) is 54.8 Å². The van der Waals surface area contributed by atoms with Crippen molar-refractivity contribution in [3.8, 4) is 5.75 Å². The monoisotopic (exact) mass is 501 g/mol. The second kappa shape index (κ2) is 11.6. The van der Waals surface area contributed by atoms with Gasteiger partial charge < -0.3 is 15.0 Å². The molecule has 0 heterocycles. The molecule has 1 saturated carbocycles. The lowest BCUT2D eigenvalue weighted by molar-refractivity contribution is -0.139. The molecule has 1 aliphatic rings. The highest BCUT2D eigenvalue weighted by atomic mass is 32.2. The Morgan fingerprint density at radius 1 is 1.09 bits per heavy atom. The number of nitrogens with one attached hydrogen (secondary N) is 1. The molecule has 0 aromatic heterocycles. The Balaban J connectivity index is 1.89. The zero-order chi connectivity index (χ0) is 25.6. The van der Waals surface area contributed by atoms with Gasteiger partial charge in [-0.05, 0) is 44.4 Å². The summed E-state index contributed by atoms with van der Waals surface area (Å²) in [6.45, 7) is 3.39. The average Bonchev–Trinajstić information content (AvgIpc) is 3.34. The van der Waals surface area contributed by atoms with Gasteiger partial charge in [-0.15, -0.1) is 0 Å². The van der Waals surface area contributed by atoms with Crippen molar-refractivity contribution in [3.63, 3.8) is 0 Å². The lowest BCUT2D eigenvalue weighted by Crippen LogP contribution is -2.52. The number of sulfonamides is 1. The van der Waals surface area contributed by atoms with E-state index >= 15 is 0 Å². The Kier molecular flexibility index (Phi) is 8.77. The molecule has 1 atom stereocenters. The van der Waals surface area contributed by atoms with Crippen molar-refractivity contribution in [2.24, 2.45) is 0 Å². The van der Waals surface area contributed by atoms with Gasteiger partial charge in [0.05, 0.1) is 19.1 Å². The van der Waals surface area contributed by atoms with E-state index in [0.717, 1.165) is 47.4 Å². The summed E-state index contributed by atoms with van der Waals surface area (Å²) >= 11 is 0. The first-order valence-electron chi connectivity index (χ1n) is 11.9. The smallest absolute Gasteiger partial charge is 0.244 e. The van der Waals surface area contributed by atoms with Crippen LogP contribution in [0.4, 0.5) is 5.69 Å². The van der Waals surface area contributed by atoms with Gasteiger partial charge in [-0.3, -0.25) is 13.9 Å². The van der Waals surface area contributed by atoms with E-state index in [1.54, 1.807) is 31.2 Å². The Labute approximate surface area is 208 Å². The van der Waals surface area contributed by atoms with Crippen LogP contribution in [-0.2, 0) is 26.2 Å². The number of carbonyl (C=O) groups excluding carboxylic acids is 2. The van der Waals surface area contributed by atoms with Crippen LogP contribution in [0.3, 0.4) is 0 Å². The maximum absolute atomic E-state index is 13.6. The maximum atomic E-state index is 13.6. The molecular formula is C26H35N3O5S. The van der Waals surface area contributed by atoms with Crippen molar-refractivity contribution < 1.29 is 22.7 Å². The first-order valence-corrected chi connectivity index (χ1v) is 13.7. The summed E-state index contributed by atoms with van der Waals surface area (Å²) in [6.07, 6.45) is 5.06. The largest absolute Gasteiger partial charge is 0.495 e. The summed E-state index contributed by atoms with van der Waals surface area (Å²) in [5.74, 6) is -0.376. The summed E-state index contributed by atoms with van der Waals surface area (Å²) in [7, 11) is -2.37. The van der Waals surface area contributed by atoms with Crippen LogP contribution in [0.1, 0.15) is 43.7 Å². The summed E-state index contributed by atoms with van der Waals surface area (Å²) < 4.78 is 31.8. The predicted octanol–water partition coefficient (Wildman–Crippen LogP) is 3.25. The molecule has 0 radical (unpaired) electrons. The van der Waals surface area contributed by atoms with Gasteiger partial charge in [0.2, 0.25) is 21.8 Å². The van der Waals surface area contributed by atoms with E-state index in [1.165, 1.54) is 12.0 Å². The molecule has 1 N–H and O–H groups in total. The molecular weight excluding hydrogens is 466 g/mol. The minimum absolute atomic E-state index is 0.113. The van der Waals surface area contributed by atoms with Gasteiger partial charge in [0, 0.05) is 12.6 Å². The van der Waals surface area contributed by atoms with E-state index in [0.29, 0.717) is 5.75 Å². The second-order valence-electron chi connectivity index (χ2n) is 9.11. The number of para-hydroxylation sites is 2. The number of aryl methyl sites for hydroxylation is 1. The number of ether oxygens (including phenoxy) is 1. The minimum atomic E-state index is -3.82. The van der Waals surface area contributed by atoms with Crippen molar-refractivity contribution >= 4 is 27.5 Å². The fourth-order valence-electron chi connectivity index (χ4n) is 4.30. The SMILES string of the molecule is COc1ccccc1N(CC(=O)N(Cc1ccc(C)cc1)[C@@H](C)C(=O)NC1CCCC1)S(C)(=O)=O. The maximum Gasteiger partial charge on any atom is 0.244 e. The van der Waals surface area contributed by atoms with Crippen LogP contribution < -0.4 is 14.4 Å². The molecule has 3 rings (SSSR count). The first kappa shape index (κ1) is 26.5. The number of nitrogens with zero attached hydrogens (tertiary/aromatic N) is 2. The average molecular weight is 502 g/mol. The Bertz CT molecular complexity index is 1130. The van der Waals surface area contributed by atoms with Crippen LogP contribution in [0.25, 0.3) is 0 Å². The van der Waals surface area contributed by atoms with E-state index in [-0.39, 0.29) is 24.2 Å². The predicted molar refractivity (Wildman–Crippen MR) is 137 cm³/mol. The molecule has 0 spiro atoms. The molecule has 9 heteroatoms. The third-order valence-electron chi connectivity index (χ3n) is 6.38. The standard InChI is InChI=1S/C26H35N3O5S/c1-19-13-15-21(16-14-19)17-28(20(2)26(31)27-22-9-5-6-10-22)25(30)18-29(35(4,32)33)23-11-7-8-12-24(23)34-3/h7-8,11-16,20,22H,5-6,9-10,17-18H2,1-4H3,(H,27,31)/t20-/m0/s1. The highest BCUT2D eigenvalue weighted by Crippen LogP contribution is 2.29. The molecule has 0 aliphatic heterocycles. The molecule has 0 bridgehead atoms. The second-order valence-corrected chi connectivity index (χ2v) is 11.0. The fraction of sp³-hybridized carbons (Fsp3) is 0.462. The lowest BCUT2D eigenvalue weighted by Gasteiger charge is -2.32. The zero-order valence-electron chi connectivity index (χ0n) is 20.9. The van der Waals surface area contributed by atoms with E-state index in [2.05, 4.69) is 5.32 Å². The summed E-state index contributed by atoms with van der Waals surface area (Å²) in [4.78, 5) is 28.2. The van der Waals surface area contributed by atoms with Crippen LogP contribution in [0.5, 0.6) is 5.75 Å². The van der Waals surface area contributed by atoms with E-state index in [9.17, 15) is 18.0 Å². The highest BCUT2D eigenvalue weighted by Gasteiger charge is 2.32. The Morgan fingerprint density at radius 2 is 1.71 bits per heavy atom. The lowest BCUT2D eigenvalue weighted by atomic mass is 10.1. The highest BCUT2D eigenvalue weighted by molar-refractivity contribution is 7.92. The number of amides is 2. The number of carbonyl (C=O) groups is 2. The van der Waals surface area contributed by atoms with Crippen molar-refractivity contribution in [1.29, 1.82) is 0 Å². The van der Waals surface area contributed by atoms with E-state index < -0.39 is 28.5 Å². The fourth-order valence-corrected chi connectivity index (χ4v) is 5.15. The molecule has 8 nitrogen and oxygen atoms in total. The molecule has 0 unspecified atom stereocenters. The Morgan fingerprint density at radius 3 is 2.31 bits per heavy atom. The quantitative estimate of drug-likeness (QED) is 0.539. The Hall–Kier alpha value is -3.07. The molecule has 190 valence electrons. The van der Waals surface area contributed by atoms with Crippen LogP contribution >= 0.6 is 0 Å². The number of hydrogen-bond donors (Lipinski definition) is 1. The minimum Gasteiger partial charge on any atom is -0.495 e. The van der Waals surface area contributed by atoms with Gasteiger partial charge >= 0.3 is 0 Å². The number of rotatable bonds is 10. The number of methoxy groups -OCH3 is 1. The third kappa shape index (κ3) is 6.97. The van der Waals surface area contributed by atoms with Crippen molar-refractivity contribution in [2.75, 3.05) is 24.2 Å². The van der Waals surface area contributed by atoms with Crippen LogP contribution in [0, 0.1) is 6.92 Å². The molecule has 0 saturated heterocycles. The summed E-state index contributed by atoms with van der Waals surface area (Å²) in [5.41, 5.74) is 2.20. The normalized spacial score (nSPS) is 14.9. The van der Waals surface area contributed by atoms with E-state index in [1.807, 2.05) is 31.2 Å². The van der Waals surface area contributed by atoms with Crippen molar-refractivity contribution in [2.45, 2.75) is 58.2 Å². The van der Waals surface area contributed by atoms with Gasteiger partial charge in [-0.2, -0.15) is 0 Å². The molecule has 2 aromatic carbocycles. The molecule has 1 fully saturated rings. The topological polar surface area (TPSA) is 96.0 Å². The van der Waals surface area contributed by atoms with Gasteiger partial charge in [-0.25, -0.2) is 8.42 Å². The first-order chi connectivity index (χ1) is 16.6.